The predicted octanol–water partition coefficient (Wildman–Crippen LogP) is 1.35. The molecule has 0 saturated heterocycles. The molecule has 3 unspecified atom stereocenters. The Balaban J connectivity index is 2.60. The summed E-state index contributed by atoms with van der Waals surface area (Å²) in [5.41, 5.74) is 0. The maximum atomic E-state index is 12.9. The number of hydrogen-bond donors (Lipinski definition) is 4. The largest absolute Gasteiger partial charge is 0.481 e. The van der Waals surface area contributed by atoms with E-state index < -0.39 is 50.0 Å². The number of aliphatic carboxylic acids is 1. The number of ether oxygens (including phenoxy) is 1. The lowest BCUT2D eigenvalue weighted by Crippen LogP contribution is -2.56. The van der Waals surface area contributed by atoms with Crippen LogP contribution in [0.4, 0.5) is 0 Å². The predicted molar refractivity (Wildman–Crippen MR) is 157 cm³/mol. The maximum Gasteiger partial charge on any atom is 0.328 e. The summed E-state index contributed by atoms with van der Waals surface area (Å²) in [5, 5.41) is 16.8. The number of nitrogens with zero attached hydrogens (tertiary/aromatic N) is 1. The van der Waals surface area contributed by atoms with Crippen molar-refractivity contribution in [2.24, 2.45) is 5.92 Å². The van der Waals surface area contributed by atoms with E-state index in [9.17, 15) is 33.6 Å². The summed E-state index contributed by atoms with van der Waals surface area (Å²) < 4.78 is 5.29. The molecule has 0 aromatic heterocycles. The van der Waals surface area contributed by atoms with Gasteiger partial charge in [-0.1, -0.05) is 39.9 Å². The van der Waals surface area contributed by atoms with Crippen molar-refractivity contribution in [1.82, 2.24) is 20.9 Å². The van der Waals surface area contributed by atoms with Crippen molar-refractivity contribution in [2.75, 3.05) is 13.2 Å². The zero-order chi connectivity index (χ0) is 32.0. The Labute approximate surface area is 248 Å². The van der Waals surface area contributed by atoms with Gasteiger partial charge >= 0.3 is 11.9 Å². The van der Waals surface area contributed by atoms with Crippen LogP contribution in [0.2, 0.25) is 25.7 Å². The number of carboxylic acids is 1. The van der Waals surface area contributed by atoms with Gasteiger partial charge in [0.05, 0.1) is 6.61 Å². The van der Waals surface area contributed by atoms with Crippen LogP contribution in [-0.2, 0) is 38.3 Å². The minimum atomic E-state index is -1.48. The van der Waals surface area contributed by atoms with Crippen LogP contribution in [0.5, 0.6) is 0 Å². The lowest BCUT2D eigenvalue weighted by Gasteiger charge is -2.25. The van der Waals surface area contributed by atoms with E-state index in [1.807, 2.05) is 0 Å². The topological polar surface area (TPSA) is 188 Å². The highest BCUT2D eigenvalue weighted by molar-refractivity contribution is 6.76. The van der Waals surface area contributed by atoms with Crippen LogP contribution in [0.1, 0.15) is 59.3 Å². The maximum absolute atomic E-state index is 12.9. The van der Waals surface area contributed by atoms with Crippen molar-refractivity contribution < 1.29 is 43.4 Å². The van der Waals surface area contributed by atoms with E-state index in [1.54, 1.807) is 13.8 Å². The number of esters is 1. The van der Waals surface area contributed by atoms with Crippen molar-refractivity contribution in [3.8, 4) is 0 Å². The number of carboxylic acid groups (broad SMARTS) is 1. The Bertz CT molecular complexity index is 1020. The quantitative estimate of drug-likeness (QED) is 0.0724. The van der Waals surface area contributed by atoms with Crippen molar-refractivity contribution in [3.05, 3.63) is 12.2 Å². The summed E-state index contributed by atoms with van der Waals surface area (Å²) in [5.74, 6) is -4.49. The molecule has 0 radical (unpaired) electrons. The molecule has 1 rings (SSSR count). The third-order valence-electron chi connectivity index (χ3n) is 6.55. The van der Waals surface area contributed by atoms with Gasteiger partial charge in [0.2, 0.25) is 17.7 Å². The highest BCUT2D eigenvalue weighted by atomic mass is 28.3. The molecule has 0 aromatic carbocycles. The fraction of sp³-hybridized carbons (Fsp3) is 0.679. The molecular weight excluding hydrogens is 564 g/mol. The van der Waals surface area contributed by atoms with Crippen molar-refractivity contribution in [2.45, 2.75) is 103 Å². The van der Waals surface area contributed by atoms with Gasteiger partial charge in [-0.3, -0.25) is 33.7 Å². The summed E-state index contributed by atoms with van der Waals surface area (Å²) in [6, 6.07) is -2.48. The van der Waals surface area contributed by atoms with Crippen LogP contribution < -0.4 is 16.0 Å². The Hall–Kier alpha value is -3.55. The standard InChI is InChI=1S/C28H46N4O9Si/c1-18(2)25(31-21(33)10-8-7-9-15-32-22(34)12-13-23(32)35)27(39)29-19(3)26(38)30-20(11-14-24(36)37)28(40)41-16-17-42(4,5)6/h12-13,18-20,25H,7-11,14-17H2,1-6H3,(H,29,39)(H,30,38)(H,31,33)(H,36,37). The van der Waals surface area contributed by atoms with Gasteiger partial charge in [0, 0.05) is 39.6 Å². The van der Waals surface area contributed by atoms with Gasteiger partial charge in [-0.2, -0.15) is 0 Å². The first kappa shape index (κ1) is 36.5. The Morgan fingerprint density at radius 3 is 2.05 bits per heavy atom. The average molecular weight is 611 g/mol. The second-order valence-corrected chi connectivity index (χ2v) is 17.6. The van der Waals surface area contributed by atoms with Crippen molar-refractivity contribution in [3.63, 3.8) is 0 Å². The monoisotopic (exact) mass is 610 g/mol. The number of rotatable bonds is 19. The Kier molecular flexibility index (Phi) is 15.1. The first-order chi connectivity index (χ1) is 19.5. The SMILES string of the molecule is CC(NC(=O)C(NC(=O)CCCCCN1C(=O)C=CC1=O)C(C)C)C(=O)NC(CCC(=O)O)C(=O)OCC[Si](C)(C)C. The zero-order valence-electron chi connectivity index (χ0n) is 25.5. The van der Waals surface area contributed by atoms with Gasteiger partial charge in [0.15, 0.2) is 0 Å². The number of unbranched alkanes of at least 4 members (excludes halogenated alkanes) is 2. The molecule has 0 aromatic rings. The summed E-state index contributed by atoms with van der Waals surface area (Å²) >= 11 is 0. The summed E-state index contributed by atoms with van der Waals surface area (Å²) in [6.07, 6.45) is 3.70. The minimum absolute atomic E-state index is 0.137. The van der Waals surface area contributed by atoms with E-state index in [2.05, 4.69) is 35.6 Å². The Morgan fingerprint density at radius 1 is 0.881 bits per heavy atom. The molecule has 0 fully saturated rings. The summed E-state index contributed by atoms with van der Waals surface area (Å²) in [7, 11) is -1.48. The molecule has 5 amide bonds. The van der Waals surface area contributed by atoms with Crippen LogP contribution in [0, 0.1) is 5.92 Å². The zero-order valence-corrected chi connectivity index (χ0v) is 26.5. The molecule has 1 aliphatic rings. The highest BCUT2D eigenvalue weighted by Crippen LogP contribution is 2.11. The number of amides is 5. The molecule has 236 valence electrons. The number of imide groups is 1. The lowest BCUT2D eigenvalue weighted by molar-refractivity contribution is -0.148. The third kappa shape index (κ3) is 13.9. The average Bonchev–Trinajstić information content (AvgIpc) is 3.20. The van der Waals surface area contributed by atoms with E-state index >= 15 is 0 Å². The highest BCUT2D eigenvalue weighted by Gasteiger charge is 2.30. The number of carbonyl (C=O) groups is 7. The molecule has 13 nitrogen and oxygen atoms in total. The molecule has 0 bridgehead atoms. The Morgan fingerprint density at radius 2 is 1.50 bits per heavy atom. The number of hydrogen-bond acceptors (Lipinski definition) is 8. The molecule has 42 heavy (non-hydrogen) atoms. The summed E-state index contributed by atoms with van der Waals surface area (Å²) in [6.45, 7) is 11.7. The molecule has 4 N–H and O–H groups in total. The van der Waals surface area contributed by atoms with E-state index in [0.717, 1.165) is 4.90 Å². The van der Waals surface area contributed by atoms with Crippen LogP contribution in [-0.4, -0.2) is 90.8 Å². The smallest absolute Gasteiger partial charge is 0.328 e. The van der Waals surface area contributed by atoms with E-state index in [-0.39, 0.29) is 56.1 Å². The van der Waals surface area contributed by atoms with Crippen LogP contribution in [0.3, 0.4) is 0 Å². The summed E-state index contributed by atoms with van der Waals surface area (Å²) in [4.78, 5) is 86.2. The number of carbonyl (C=O) groups excluding carboxylic acids is 6. The molecule has 1 aliphatic heterocycles. The fourth-order valence-corrected chi connectivity index (χ4v) is 4.62. The molecule has 0 aliphatic carbocycles. The van der Waals surface area contributed by atoms with Gasteiger partial charge in [0.1, 0.15) is 18.1 Å². The molecule has 0 saturated carbocycles. The van der Waals surface area contributed by atoms with Crippen LogP contribution in [0.25, 0.3) is 0 Å². The second kappa shape index (κ2) is 17.4. The molecule has 0 spiro atoms. The minimum Gasteiger partial charge on any atom is -0.481 e. The van der Waals surface area contributed by atoms with E-state index in [4.69, 9.17) is 9.84 Å². The van der Waals surface area contributed by atoms with E-state index in [1.165, 1.54) is 19.1 Å². The van der Waals surface area contributed by atoms with Crippen LogP contribution in [0.15, 0.2) is 12.2 Å². The molecular formula is C28H46N4O9Si. The second-order valence-electron chi connectivity index (χ2n) is 12.0. The first-order valence-corrected chi connectivity index (χ1v) is 18.0. The van der Waals surface area contributed by atoms with Crippen molar-refractivity contribution >= 4 is 49.5 Å². The van der Waals surface area contributed by atoms with Crippen molar-refractivity contribution in [1.29, 1.82) is 0 Å². The molecule has 14 heteroatoms. The van der Waals surface area contributed by atoms with Gasteiger partial charge in [-0.15, -0.1) is 0 Å². The lowest BCUT2D eigenvalue weighted by atomic mass is 10.0. The normalized spacial score (nSPS) is 15.3. The molecule has 3 atom stereocenters. The fourth-order valence-electron chi connectivity index (χ4n) is 3.90. The molecule has 1 heterocycles. The van der Waals surface area contributed by atoms with Crippen LogP contribution >= 0.6 is 0 Å². The van der Waals surface area contributed by atoms with Gasteiger partial charge in [-0.05, 0) is 38.1 Å². The van der Waals surface area contributed by atoms with Gasteiger partial charge in [-0.25, -0.2) is 4.79 Å². The third-order valence-corrected chi connectivity index (χ3v) is 8.25. The number of nitrogens with one attached hydrogen (secondary N) is 3. The van der Waals surface area contributed by atoms with Gasteiger partial charge in [0.25, 0.3) is 11.8 Å². The van der Waals surface area contributed by atoms with Gasteiger partial charge < -0.3 is 25.8 Å². The first-order valence-electron chi connectivity index (χ1n) is 14.3. The van der Waals surface area contributed by atoms with E-state index in [0.29, 0.717) is 25.3 Å².